The van der Waals surface area contributed by atoms with Crippen LogP contribution < -0.4 is 5.32 Å². The van der Waals surface area contributed by atoms with Gasteiger partial charge in [-0.05, 0) is 0 Å². The standard InChI is InChI=1S/C11H17N5O14P4/c1-12-10-9-11(14-4-13-10)16(5-15-9)8-2-6-7(26-8)3-25-31(17,18)28-33(21,22)30-34(23,24)29-32(19,20)27-6/h4-8H,2-3H2,1H3,(H,17,18)(H,19,20)(H,21,22)(H,23,24)(H,12,13,14). The first kappa shape index (κ1) is 25.9. The number of fused-ring (bicyclic) bond motifs is 2. The first-order chi connectivity index (χ1) is 15.7. The predicted molar refractivity (Wildman–Crippen MR) is 107 cm³/mol. The minimum absolute atomic E-state index is 0.224. The first-order valence-corrected chi connectivity index (χ1v) is 15.0. The maximum atomic E-state index is 12.3. The van der Waals surface area contributed by atoms with Gasteiger partial charge in [-0.15, -0.1) is 0 Å². The van der Waals surface area contributed by atoms with Gasteiger partial charge in [-0.1, -0.05) is 0 Å². The van der Waals surface area contributed by atoms with Crippen LogP contribution in [0.2, 0.25) is 0 Å². The zero-order valence-corrected chi connectivity index (χ0v) is 20.3. The second-order valence-electron chi connectivity index (χ2n) is 6.72. The quantitative estimate of drug-likeness (QED) is 0.317. The van der Waals surface area contributed by atoms with E-state index in [2.05, 4.69) is 37.7 Å². The van der Waals surface area contributed by atoms with Crippen molar-refractivity contribution >= 4 is 48.3 Å². The third kappa shape index (κ3) is 5.81. The number of imidazole rings is 1. The molecule has 2 aliphatic heterocycles. The molecule has 2 fully saturated rings. The number of nitrogens with zero attached hydrogens (tertiary/aromatic N) is 4. The van der Waals surface area contributed by atoms with E-state index in [1.807, 2.05) is 0 Å². The summed E-state index contributed by atoms with van der Waals surface area (Å²) in [5, 5.41) is 2.82. The maximum Gasteiger partial charge on any atom is 0.490 e. The Kier molecular flexibility index (Phi) is 6.92. The molecule has 34 heavy (non-hydrogen) atoms. The highest BCUT2D eigenvalue weighted by molar-refractivity contribution is 7.69. The molecule has 0 spiro atoms. The molecule has 0 aliphatic carbocycles. The molecular weight excluding hydrogens is 550 g/mol. The van der Waals surface area contributed by atoms with E-state index in [0.717, 1.165) is 0 Å². The number of anilines is 1. The molecule has 5 N–H and O–H groups in total. The van der Waals surface area contributed by atoms with E-state index in [1.54, 1.807) is 7.05 Å². The summed E-state index contributed by atoms with van der Waals surface area (Å²) in [6, 6.07) is 0. The summed E-state index contributed by atoms with van der Waals surface area (Å²) < 4.78 is 76.1. The van der Waals surface area contributed by atoms with Crippen LogP contribution in [-0.4, -0.2) is 65.0 Å². The van der Waals surface area contributed by atoms with Crippen LogP contribution in [0.1, 0.15) is 12.6 Å². The molecule has 0 aromatic carbocycles. The minimum Gasteiger partial charge on any atom is -0.371 e. The van der Waals surface area contributed by atoms with E-state index in [1.165, 1.54) is 17.2 Å². The number of hydrogen-bond acceptors (Lipinski definition) is 14. The Labute approximate surface area is 189 Å². The molecule has 7 unspecified atom stereocenters. The number of ether oxygens (including phenoxy) is 1. The van der Waals surface area contributed by atoms with E-state index >= 15 is 0 Å². The largest absolute Gasteiger partial charge is 0.490 e. The van der Waals surface area contributed by atoms with Crippen molar-refractivity contribution in [3.8, 4) is 0 Å². The molecule has 23 heteroatoms. The Bertz CT molecular complexity index is 1290. The molecule has 2 aliphatic rings. The Balaban J connectivity index is 1.66. The fraction of sp³-hybridized carbons (Fsp3) is 0.545. The van der Waals surface area contributed by atoms with E-state index in [0.29, 0.717) is 11.3 Å². The number of nitrogens with one attached hydrogen (secondary N) is 1. The van der Waals surface area contributed by atoms with Gasteiger partial charge in [0.1, 0.15) is 30.3 Å². The van der Waals surface area contributed by atoms with Crippen LogP contribution in [0.5, 0.6) is 0 Å². The fourth-order valence-electron chi connectivity index (χ4n) is 3.18. The van der Waals surface area contributed by atoms with Crippen LogP contribution in [0, 0.1) is 0 Å². The van der Waals surface area contributed by atoms with Crippen molar-refractivity contribution in [1.82, 2.24) is 19.5 Å². The summed E-state index contributed by atoms with van der Waals surface area (Å²) in [6.07, 6.45) is -1.45. The number of aromatic nitrogens is 4. The molecule has 4 heterocycles. The highest BCUT2D eigenvalue weighted by atomic mass is 31.3. The second-order valence-corrected chi connectivity index (χ2v) is 12.9. The van der Waals surface area contributed by atoms with Gasteiger partial charge in [-0.3, -0.25) is 13.6 Å². The molecule has 2 aromatic heterocycles. The van der Waals surface area contributed by atoms with Crippen molar-refractivity contribution in [3.63, 3.8) is 0 Å². The van der Waals surface area contributed by atoms with Crippen LogP contribution in [-0.2, 0) is 45.0 Å². The van der Waals surface area contributed by atoms with Crippen molar-refractivity contribution in [3.05, 3.63) is 12.7 Å². The molecule has 4 rings (SSSR count). The van der Waals surface area contributed by atoms with Gasteiger partial charge in [-0.25, -0.2) is 33.2 Å². The van der Waals surface area contributed by atoms with Crippen LogP contribution in [0.25, 0.3) is 11.2 Å². The Hall–Kier alpha value is -1.13. The number of rotatable bonds is 2. The summed E-state index contributed by atoms with van der Waals surface area (Å²) >= 11 is 0. The predicted octanol–water partition coefficient (Wildman–Crippen LogP) is 1.02. The molecule has 2 saturated heterocycles. The zero-order valence-electron chi connectivity index (χ0n) is 16.8. The highest BCUT2D eigenvalue weighted by Crippen LogP contribution is 2.72. The van der Waals surface area contributed by atoms with Gasteiger partial charge in [0.2, 0.25) is 0 Å². The van der Waals surface area contributed by atoms with E-state index in [9.17, 15) is 37.8 Å². The van der Waals surface area contributed by atoms with Crippen molar-refractivity contribution in [1.29, 1.82) is 0 Å². The van der Waals surface area contributed by atoms with Crippen LogP contribution in [0.4, 0.5) is 5.82 Å². The average Bonchev–Trinajstić information content (AvgIpc) is 3.26. The maximum absolute atomic E-state index is 12.3. The Morgan fingerprint density at radius 3 is 2.26 bits per heavy atom. The van der Waals surface area contributed by atoms with E-state index in [-0.39, 0.29) is 12.1 Å². The normalized spacial score (nSPS) is 42.0. The van der Waals surface area contributed by atoms with Crippen molar-refractivity contribution in [2.75, 3.05) is 19.0 Å². The van der Waals surface area contributed by atoms with E-state index < -0.39 is 56.3 Å². The van der Waals surface area contributed by atoms with Crippen LogP contribution in [0.3, 0.4) is 0 Å². The lowest BCUT2D eigenvalue weighted by Crippen LogP contribution is -2.28. The number of phosphoric ester groups is 2. The summed E-state index contributed by atoms with van der Waals surface area (Å²) in [7, 11) is -20.8. The topological polar surface area (TPSA) is 260 Å². The van der Waals surface area contributed by atoms with Gasteiger partial charge in [0.05, 0.1) is 12.9 Å². The monoisotopic (exact) mass is 567 g/mol. The number of hydrogen-bond donors (Lipinski definition) is 5. The van der Waals surface area contributed by atoms with Gasteiger partial charge in [0.15, 0.2) is 11.5 Å². The molecule has 0 bridgehead atoms. The van der Waals surface area contributed by atoms with Gasteiger partial charge < -0.3 is 29.6 Å². The third-order valence-electron chi connectivity index (χ3n) is 4.38. The van der Waals surface area contributed by atoms with Gasteiger partial charge in [0, 0.05) is 13.5 Å². The lowest BCUT2D eigenvalue weighted by Gasteiger charge is -2.25. The second kappa shape index (κ2) is 9.07. The molecule has 2 aromatic rings. The summed E-state index contributed by atoms with van der Waals surface area (Å²) in [5.41, 5.74) is 0.648. The fourth-order valence-corrected chi connectivity index (χ4v) is 8.33. The highest BCUT2D eigenvalue weighted by Gasteiger charge is 2.50. The lowest BCUT2D eigenvalue weighted by atomic mass is 10.2. The molecule has 0 saturated carbocycles. The Morgan fingerprint density at radius 1 is 0.941 bits per heavy atom. The van der Waals surface area contributed by atoms with Gasteiger partial charge in [0.25, 0.3) is 0 Å². The molecule has 19 nitrogen and oxygen atoms in total. The Morgan fingerprint density at radius 2 is 1.59 bits per heavy atom. The van der Waals surface area contributed by atoms with Crippen molar-refractivity contribution in [2.45, 2.75) is 24.9 Å². The van der Waals surface area contributed by atoms with E-state index in [4.69, 9.17) is 9.26 Å². The molecule has 190 valence electrons. The lowest BCUT2D eigenvalue weighted by molar-refractivity contribution is -0.0421. The van der Waals surface area contributed by atoms with Crippen molar-refractivity contribution in [2.24, 2.45) is 0 Å². The molecule has 0 radical (unpaired) electrons. The zero-order chi connectivity index (χ0) is 24.9. The average molecular weight is 567 g/mol. The smallest absolute Gasteiger partial charge is 0.371 e. The van der Waals surface area contributed by atoms with Crippen LogP contribution in [0.15, 0.2) is 12.7 Å². The number of phosphoric acid groups is 4. The third-order valence-corrected chi connectivity index (χ3v) is 10.3. The SMILES string of the molecule is CNc1ncnc2c1ncn2C1CC2OP(=O)(O)OP(=O)(O)OP(=O)(O)OP(=O)(O)OCC2O1. The van der Waals surface area contributed by atoms with Gasteiger partial charge >= 0.3 is 31.3 Å². The van der Waals surface area contributed by atoms with Crippen LogP contribution >= 0.6 is 31.3 Å². The molecule has 7 atom stereocenters. The van der Waals surface area contributed by atoms with Crippen molar-refractivity contribution < 1.29 is 64.6 Å². The summed E-state index contributed by atoms with van der Waals surface area (Å²) in [5.74, 6) is 0.395. The molecular formula is C11H17N5O14P4. The summed E-state index contributed by atoms with van der Waals surface area (Å²) in [6.45, 7) is -0.852. The minimum atomic E-state index is -5.82. The van der Waals surface area contributed by atoms with Gasteiger partial charge in [-0.2, -0.15) is 12.9 Å². The first-order valence-electron chi connectivity index (χ1n) is 8.98. The molecule has 0 amide bonds. The summed E-state index contributed by atoms with van der Waals surface area (Å²) in [4.78, 5) is 50.8.